The SMILES string of the molecule is CN1Cc2c(NC(=O)OCc3ccccc3)ncn2-c2ccccc2C1=O. The summed E-state index contributed by atoms with van der Waals surface area (Å²) in [6, 6.07) is 16.8. The summed E-state index contributed by atoms with van der Waals surface area (Å²) < 4.78 is 7.08. The first-order valence-corrected chi connectivity index (χ1v) is 8.52. The molecule has 1 aliphatic heterocycles. The molecule has 1 aliphatic rings. The minimum Gasteiger partial charge on any atom is -0.444 e. The minimum atomic E-state index is -0.591. The van der Waals surface area contributed by atoms with Gasteiger partial charge >= 0.3 is 6.09 Å². The summed E-state index contributed by atoms with van der Waals surface area (Å²) in [4.78, 5) is 30.7. The van der Waals surface area contributed by atoms with Crippen LogP contribution in [0.5, 0.6) is 0 Å². The number of para-hydroxylation sites is 1. The van der Waals surface area contributed by atoms with Crippen molar-refractivity contribution >= 4 is 17.8 Å². The Morgan fingerprint density at radius 1 is 1.15 bits per heavy atom. The number of aromatic nitrogens is 2. The summed E-state index contributed by atoms with van der Waals surface area (Å²) >= 11 is 0. The number of amides is 2. The van der Waals surface area contributed by atoms with Gasteiger partial charge in [0, 0.05) is 7.05 Å². The average molecular weight is 362 g/mol. The number of rotatable bonds is 3. The summed E-state index contributed by atoms with van der Waals surface area (Å²) in [6.45, 7) is 0.492. The molecule has 7 heteroatoms. The number of ether oxygens (including phenoxy) is 1. The molecule has 27 heavy (non-hydrogen) atoms. The molecular weight excluding hydrogens is 344 g/mol. The lowest BCUT2D eigenvalue weighted by molar-refractivity contribution is 0.0788. The van der Waals surface area contributed by atoms with Crippen molar-refractivity contribution in [3.63, 3.8) is 0 Å². The number of fused-ring (bicyclic) bond motifs is 3. The van der Waals surface area contributed by atoms with Gasteiger partial charge in [-0.2, -0.15) is 0 Å². The first-order chi connectivity index (χ1) is 13.1. The van der Waals surface area contributed by atoms with E-state index in [2.05, 4.69) is 10.3 Å². The first kappa shape index (κ1) is 16.8. The van der Waals surface area contributed by atoms with Crippen LogP contribution in [-0.4, -0.2) is 33.5 Å². The molecule has 2 aromatic carbocycles. The zero-order valence-corrected chi connectivity index (χ0v) is 14.8. The molecule has 1 aromatic heterocycles. The van der Waals surface area contributed by atoms with Gasteiger partial charge in [-0.3, -0.25) is 14.7 Å². The van der Waals surface area contributed by atoms with E-state index in [4.69, 9.17) is 4.74 Å². The number of nitrogens with one attached hydrogen (secondary N) is 1. The van der Waals surface area contributed by atoms with Crippen molar-refractivity contribution in [3.05, 3.63) is 77.7 Å². The van der Waals surface area contributed by atoms with Crippen LogP contribution in [0.25, 0.3) is 5.69 Å². The van der Waals surface area contributed by atoms with Crippen LogP contribution in [0.1, 0.15) is 21.6 Å². The molecule has 0 saturated heterocycles. The lowest BCUT2D eigenvalue weighted by atomic mass is 10.1. The maximum absolute atomic E-state index is 12.6. The highest BCUT2D eigenvalue weighted by Crippen LogP contribution is 2.27. The van der Waals surface area contributed by atoms with E-state index in [1.807, 2.05) is 53.1 Å². The summed E-state index contributed by atoms with van der Waals surface area (Å²) in [5, 5.41) is 2.68. The Hall–Kier alpha value is -3.61. The van der Waals surface area contributed by atoms with Crippen LogP contribution in [0.3, 0.4) is 0 Å². The number of hydrogen-bond donors (Lipinski definition) is 1. The monoisotopic (exact) mass is 362 g/mol. The lowest BCUT2D eigenvalue weighted by Crippen LogP contribution is -2.25. The summed E-state index contributed by atoms with van der Waals surface area (Å²) in [5.41, 5.74) is 2.94. The normalized spacial score (nSPS) is 12.8. The number of carbonyl (C=O) groups excluding carboxylic acids is 2. The van der Waals surface area contributed by atoms with Gasteiger partial charge < -0.3 is 9.64 Å². The van der Waals surface area contributed by atoms with Crippen LogP contribution in [-0.2, 0) is 17.9 Å². The molecule has 0 atom stereocenters. The van der Waals surface area contributed by atoms with Crippen molar-refractivity contribution in [2.24, 2.45) is 0 Å². The molecule has 0 bridgehead atoms. The standard InChI is InChI=1S/C20H18N4O3/c1-23-11-17-18(22-20(26)27-12-14-7-3-2-4-8-14)21-13-24(17)16-10-6-5-9-15(16)19(23)25/h2-10,13H,11-12H2,1H3,(H,22,26). The Kier molecular flexibility index (Phi) is 4.33. The van der Waals surface area contributed by atoms with Crippen LogP contribution < -0.4 is 5.32 Å². The van der Waals surface area contributed by atoms with Crippen molar-refractivity contribution in [1.29, 1.82) is 0 Å². The van der Waals surface area contributed by atoms with Crippen LogP contribution in [0.2, 0.25) is 0 Å². The van der Waals surface area contributed by atoms with Gasteiger partial charge in [0.2, 0.25) is 0 Å². The smallest absolute Gasteiger partial charge is 0.413 e. The second-order valence-electron chi connectivity index (χ2n) is 6.27. The third-order valence-corrected chi connectivity index (χ3v) is 4.43. The maximum Gasteiger partial charge on any atom is 0.413 e. The predicted molar refractivity (Wildman–Crippen MR) is 99.6 cm³/mol. The van der Waals surface area contributed by atoms with Crippen LogP contribution in [0.15, 0.2) is 60.9 Å². The third kappa shape index (κ3) is 3.27. The average Bonchev–Trinajstić information content (AvgIpc) is 3.04. The molecule has 0 aliphatic carbocycles. The summed E-state index contributed by atoms with van der Waals surface area (Å²) in [5.74, 6) is 0.302. The van der Waals surface area contributed by atoms with E-state index in [1.165, 1.54) is 0 Å². The van der Waals surface area contributed by atoms with E-state index in [-0.39, 0.29) is 12.5 Å². The second kappa shape index (κ2) is 6.95. The van der Waals surface area contributed by atoms with Crippen LogP contribution in [0.4, 0.5) is 10.6 Å². The van der Waals surface area contributed by atoms with Gasteiger partial charge in [0.05, 0.1) is 23.5 Å². The lowest BCUT2D eigenvalue weighted by Gasteiger charge is -2.14. The van der Waals surface area contributed by atoms with Crippen LogP contribution in [0, 0.1) is 0 Å². The summed E-state index contributed by atoms with van der Waals surface area (Å²) in [6.07, 6.45) is 1.01. The Balaban J connectivity index is 1.56. The molecule has 0 saturated carbocycles. The Morgan fingerprint density at radius 3 is 2.70 bits per heavy atom. The van der Waals surface area contributed by atoms with Crippen molar-refractivity contribution in [1.82, 2.24) is 14.5 Å². The number of benzene rings is 2. The molecule has 3 aromatic rings. The van der Waals surface area contributed by atoms with E-state index >= 15 is 0 Å². The zero-order valence-electron chi connectivity index (χ0n) is 14.8. The minimum absolute atomic E-state index is 0.0769. The molecule has 2 amide bonds. The molecule has 2 heterocycles. The topological polar surface area (TPSA) is 76.5 Å². The molecule has 0 radical (unpaired) electrons. The Morgan fingerprint density at radius 2 is 1.89 bits per heavy atom. The van der Waals surface area contributed by atoms with Gasteiger partial charge in [-0.25, -0.2) is 9.78 Å². The summed E-state index contributed by atoms with van der Waals surface area (Å²) in [7, 11) is 1.72. The van der Waals surface area contributed by atoms with Gasteiger partial charge in [-0.15, -0.1) is 0 Å². The highest BCUT2D eigenvalue weighted by Gasteiger charge is 2.26. The molecule has 4 rings (SSSR count). The zero-order chi connectivity index (χ0) is 18.8. The third-order valence-electron chi connectivity index (χ3n) is 4.43. The van der Waals surface area contributed by atoms with Gasteiger partial charge in [0.1, 0.15) is 12.9 Å². The molecule has 0 unspecified atom stereocenters. The second-order valence-corrected chi connectivity index (χ2v) is 6.27. The van der Waals surface area contributed by atoms with E-state index in [9.17, 15) is 9.59 Å². The number of hydrogen-bond acceptors (Lipinski definition) is 4. The van der Waals surface area contributed by atoms with Gasteiger partial charge in [-0.05, 0) is 17.7 Å². The van der Waals surface area contributed by atoms with Gasteiger partial charge in [0.25, 0.3) is 5.91 Å². The first-order valence-electron chi connectivity index (χ1n) is 8.52. The van der Waals surface area contributed by atoms with E-state index in [0.717, 1.165) is 11.3 Å². The van der Waals surface area contributed by atoms with E-state index in [0.29, 0.717) is 23.6 Å². The number of imidazole rings is 1. The van der Waals surface area contributed by atoms with E-state index < -0.39 is 6.09 Å². The Labute approximate surface area is 156 Å². The molecule has 0 fully saturated rings. The molecule has 1 N–H and O–H groups in total. The maximum atomic E-state index is 12.6. The highest BCUT2D eigenvalue weighted by atomic mass is 16.5. The van der Waals surface area contributed by atoms with Crippen molar-refractivity contribution in [3.8, 4) is 5.69 Å². The molecule has 136 valence electrons. The fraction of sp³-hybridized carbons (Fsp3) is 0.150. The van der Waals surface area contributed by atoms with Crippen molar-refractivity contribution < 1.29 is 14.3 Å². The van der Waals surface area contributed by atoms with Crippen LogP contribution >= 0.6 is 0 Å². The number of anilines is 1. The van der Waals surface area contributed by atoms with Crippen molar-refractivity contribution in [2.75, 3.05) is 12.4 Å². The number of nitrogens with zero attached hydrogens (tertiary/aromatic N) is 3. The fourth-order valence-electron chi connectivity index (χ4n) is 3.06. The van der Waals surface area contributed by atoms with Gasteiger partial charge in [-0.1, -0.05) is 42.5 Å². The van der Waals surface area contributed by atoms with Gasteiger partial charge in [0.15, 0.2) is 5.82 Å². The van der Waals surface area contributed by atoms with Crippen molar-refractivity contribution in [2.45, 2.75) is 13.2 Å². The quantitative estimate of drug-likeness (QED) is 0.776. The molecule has 7 nitrogen and oxygen atoms in total. The predicted octanol–water partition coefficient (Wildman–Crippen LogP) is 3.21. The number of carbonyl (C=O) groups is 2. The highest BCUT2D eigenvalue weighted by molar-refractivity contribution is 5.98. The van der Waals surface area contributed by atoms with E-state index in [1.54, 1.807) is 24.3 Å². The molecule has 0 spiro atoms. The molecular formula is C20H18N4O3. The Bertz CT molecular complexity index is 997. The largest absolute Gasteiger partial charge is 0.444 e. The fourth-order valence-corrected chi connectivity index (χ4v) is 3.06.